The molecule has 2 unspecified atom stereocenters. The molecule has 0 aromatic carbocycles. The van der Waals surface area contributed by atoms with Crippen molar-refractivity contribution < 1.29 is 14.2 Å². The van der Waals surface area contributed by atoms with Gasteiger partial charge in [0.05, 0.1) is 12.7 Å². The monoisotopic (exact) mass is 217 g/mol. The molecular weight excluding hydrogens is 197 g/mol. The highest BCUT2D eigenvalue weighted by atomic mass is 19.1. The van der Waals surface area contributed by atoms with Gasteiger partial charge in [0.15, 0.2) is 0 Å². The van der Waals surface area contributed by atoms with Crippen molar-refractivity contribution >= 4 is 0 Å². The van der Waals surface area contributed by atoms with Crippen molar-refractivity contribution in [3.05, 3.63) is 0 Å². The van der Waals surface area contributed by atoms with E-state index in [2.05, 4.69) is 5.32 Å². The molecule has 0 aromatic heterocycles. The van der Waals surface area contributed by atoms with Crippen molar-refractivity contribution in [2.75, 3.05) is 6.61 Å². The van der Waals surface area contributed by atoms with Crippen molar-refractivity contribution in [2.45, 2.75) is 63.1 Å². The number of hydrogen-bond donors (Lipinski definition) is 2. The largest absolute Gasteiger partial charge is 0.379 e. The van der Waals surface area contributed by atoms with Crippen LogP contribution in [0.2, 0.25) is 0 Å². The SMILES string of the molecule is OC1CCC(COC2CCC(F)CC2)N1. The summed E-state index contributed by atoms with van der Waals surface area (Å²) in [5, 5.41) is 12.3. The molecule has 3 nitrogen and oxygen atoms in total. The summed E-state index contributed by atoms with van der Waals surface area (Å²) in [6, 6.07) is 0.281. The maximum Gasteiger partial charge on any atom is 0.105 e. The number of halogens is 1. The first-order valence-corrected chi connectivity index (χ1v) is 5.94. The average molecular weight is 217 g/mol. The molecule has 1 saturated carbocycles. The highest BCUT2D eigenvalue weighted by molar-refractivity contribution is 4.78. The number of ether oxygens (including phenoxy) is 1. The van der Waals surface area contributed by atoms with Gasteiger partial charge in [-0.15, -0.1) is 0 Å². The first-order chi connectivity index (χ1) is 7.24. The van der Waals surface area contributed by atoms with Gasteiger partial charge in [0.2, 0.25) is 0 Å². The van der Waals surface area contributed by atoms with E-state index < -0.39 is 6.17 Å². The minimum Gasteiger partial charge on any atom is -0.379 e. The van der Waals surface area contributed by atoms with E-state index >= 15 is 0 Å². The van der Waals surface area contributed by atoms with Gasteiger partial charge in [0.25, 0.3) is 0 Å². The molecule has 1 aliphatic carbocycles. The van der Waals surface area contributed by atoms with E-state index in [1.54, 1.807) is 0 Å². The van der Waals surface area contributed by atoms with E-state index in [-0.39, 0.29) is 18.4 Å². The molecule has 0 radical (unpaired) electrons. The van der Waals surface area contributed by atoms with Crippen LogP contribution in [0.3, 0.4) is 0 Å². The minimum absolute atomic E-state index is 0.233. The van der Waals surface area contributed by atoms with Gasteiger partial charge >= 0.3 is 0 Å². The first kappa shape index (κ1) is 11.3. The second-order valence-corrected chi connectivity index (χ2v) is 4.66. The molecule has 0 aromatic rings. The Morgan fingerprint density at radius 3 is 2.47 bits per heavy atom. The normalized spacial score (nSPS) is 42.0. The molecule has 2 atom stereocenters. The van der Waals surface area contributed by atoms with Gasteiger partial charge in [0, 0.05) is 6.04 Å². The standard InChI is InChI=1S/C11H20FNO2/c12-8-1-4-10(5-2-8)15-7-9-3-6-11(14)13-9/h8-11,13-14H,1-7H2. The Balaban J connectivity index is 1.61. The summed E-state index contributed by atoms with van der Waals surface area (Å²) >= 11 is 0. The lowest BCUT2D eigenvalue weighted by Crippen LogP contribution is -2.34. The van der Waals surface area contributed by atoms with Crippen LogP contribution < -0.4 is 5.32 Å². The summed E-state index contributed by atoms with van der Waals surface area (Å²) in [6.07, 6.45) is 4.02. The van der Waals surface area contributed by atoms with Crippen LogP contribution in [0.4, 0.5) is 4.39 Å². The minimum atomic E-state index is -0.615. The lowest BCUT2D eigenvalue weighted by Gasteiger charge is -2.25. The summed E-state index contributed by atoms with van der Waals surface area (Å²) in [5.41, 5.74) is 0. The highest BCUT2D eigenvalue weighted by Gasteiger charge is 2.25. The molecule has 0 spiro atoms. The summed E-state index contributed by atoms with van der Waals surface area (Å²) < 4.78 is 18.6. The maximum absolute atomic E-state index is 12.8. The second kappa shape index (κ2) is 5.23. The Morgan fingerprint density at radius 1 is 1.13 bits per heavy atom. The fraction of sp³-hybridized carbons (Fsp3) is 1.00. The summed E-state index contributed by atoms with van der Waals surface area (Å²) in [4.78, 5) is 0. The predicted molar refractivity (Wildman–Crippen MR) is 55.3 cm³/mol. The van der Waals surface area contributed by atoms with Gasteiger partial charge < -0.3 is 9.84 Å². The predicted octanol–water partition coefficient (Wildman–Crippen LogP) is 1.35. The van der Waals surface area contributed by atoms with Crippen LogP contribution in [-0.4, -0.2) is 36.3 Å². The number of rotatable bonds is 3. The number of alkyl halides is 1. The van der Waals surface area contributed by atoms with Crippen molar-refractivity contribution in [2.24, 2.45) is 0 Å². The van der Waals surface area contributed by atoms with Gasteiger partial charge in [-0.3, -0.25) is 5.32 Å². The van der Waals surface area contributed by atoms with Gasteiger partial charge in [-0.1, -0.05) is 0 Å². The molecule has 2 fully saturated rings. The smallest absolute Gasteiger partial charge is 0.105 e. The fourth-order valence-corrected chi connectivity index (χ4v) is 2.37. The molecule has 1 heterocycles. The second-order valence-electron chi connectivity index (χ2n) is 4.66. The van der Waals surface area contributed by atoms with E-state index in [9.17, 15) is 9.50 Å². The van der Waals surface area contributed by atoms with Crippen LogP contribution in [0.1, 0.15) is 38.5 Å². The molecule has 0 bridgehead atoms. The molecular formula is C11H20FNO2. The van der Waals surface area contributed by atoms with Crippen molar-refractivity contribution in [1.29, 1.82) is 0 Å². The fourth-order valence-electron chi connectivity index (χ4n) is 2.37. The molecule has 1 aliphatic heterocycles. The van der Waals surface area contributed by atoms with E-state index in [1.807, 2.05) is 0 Å². The third-order valence-electron chi connectivity index (χ3n) is 3.35. The number of nitrogens with one attached hydrogen (secondary N) is 1. The average Bonchev–Trinajstić information content (AvgIpc) is 2.64. The zero-order valence-electron chi connectivity index (χ0n) is 8.99. The molecule has 4 heteroatoms. The van der Waals surface area contributed by atoms with Crippen LogP contribution in [-0.2, 0) is 4.74 Å². The summed E-state index contributed by atoms with van der Waals surface area (Å²) in [7, 11) is 0. The molecule has 15 heavy (non-hydrogen) atoms. The maximum atomic E-state index is 12.8. The zero-order chi connectivity index (χ0) is 10.7. The van der Waals surface area contributed by atoms with Gasteiger partial charge in [0.1, 0.15) is 12.4 Å². The van der Waals surface area contributed by atoms with Crippen molar-refractivity contribution in [1.82, 2.24) is 5.32 Å². The van der Waals surface area contributed by atoms with Crippen molar-refractivity contribution in [3.63, 3.8) is 0 Å². The molecule has 1 saturated heterocycles. The number of aliphatic hydroxyl groups excluding tert-OH is 1. The van der Waals surface area contributed by atoms with Gasteiger partial charge in [-0.25, -0.2) is 4.39 Å². The van der Waals surface area contributed by atoms with Crippen LogP contribution in [0.15, 0.2) is 0 Å². The molecule has 0 amide bonds. The lowest BCUT2D eigenvalue weighted by molar-refractivity contribution is 0.00173. The molecule has 2 aliphatic rings. The third kappa shape index (κ3) is 3.40. The van der Waals surface area contributed by atoms with Crippen LogP contribution >= 0.6 is 0 Å². The first-order valence-electron chi connectivity index (χ1n) is 5.94. The van der Waals surface area contributed by atoms with E-state index in [4.69, 9.17) is 4.74 Å². The van der Waals surface area contributed by atoms with Crippen molar-refractivity contribution in [3.8, 4) is 0 Å². The van der Waals surface area contributed by atoms with Crippen LogP contribution in [0.5, 0.6) is 0 Å². The Labute approximate surface area is 90.0 Å². The summed E-state index contributed by atoms with van der Waals surface area (Å²) in [5.74, 6) is 0. The van der Waals surface area contributed by atoms with E-state index in [0.29, 0.717) is 19.4 Å². The molecule has 2 N–H and O–H groups in total. The van der Waals surface area contributed by atoms with E-state index in [1.165, 1.54) is 0 Å². The van der Waals surface area contributed by atoms with Gasteiger partial charge in [-0.2, -0.15) is 0 Å². The van der Waals surface area contributed by atoms with Crippen LogP contribution in [0.25, 0.3) is 0 Å². The Bertz CT molecular complexity index is 195. The topological polar surface area (TPSA) is 41.5 Å². The van der Waals surface area contributed by atoms with Crippen LogP contribution in [0, 0.1) is 0 Å². The third-order valence-corrected chi connectivity index (χ3v) is 3.35. The number of aliphatic hydroxyl groups is 1. The Kier molecular flexibility index (Phi) is 3.94. The number of hydrogen-bond acceptors (Lipinski definition) is 3. The zero-order valence-corrected chi connectivity index (χ0v) is 8.99. The van der Waals surface area contributed by atoms with Gasteiger partial charge in [-0.05, 0) is 38.5 Å². The highest BCUT2D eigenvalue weighted by Crippen LogP contribution is 2.24. The van der Waals surface area contributed by atoms with E-state index in [0.717, 1.165) is 25.7 Å². The Morgan fingerprint density at radius 2 is 1.87 bits per heavy atom. The molecule has 88 valence electrons. The summed E-state index contributed by atoms with van der Waals surface area (Å²) in [6.45, 7) is 0.651. The Hall–Kier alpha value is -0.190. The molecule has 2 rings (SSSR count). The lowest BCUT2D eigenvalue weighted by atomic mass is 9.96. The quantitative estimate of drug-likeness (QED) is 0.750.